The average molecular weight is 368 g/mol. The number of nitrogens with two attached hydrogens (primary N) is 1. The normalized spacial score (nSPS) is 24.7. The molecule has 1 aliphatic heterocycles. The Morgan fingerprint density at radius 2 is 2.08 bits per heavy atom. The van der Waals surface area contributed by atoms with E-state index < -0.39 is 0 Å². The van der Waals surface area contributed by atoms with Crippen LogP contribution in [0.25, 0.3) is 0 Å². The Kier molecular flexibility index (Phi) is 4.76. The van der Waals surface area contributed by atoms with E-state index in [9.17, 15) is 4.79 Å². The summed E-state index contributed by atoms with van der Waals surface area (Å²) < 4.78 is 0. The van der Waals surface area contributed by atoms with Gasteiger partial charge in [0.1, 0.15) is 5.03 Å². The molecule has 4 nitrogen and oxygen atoms in total. The Balaban J connectivity index is 1.57. The van der Waals surface area contributed by atoms with Crippen LogP contribution >= 0.6 is 11.8 Å². The van der Waals surface area contributed by atoms with E-state index in [4.69, 9.17) is 5.73 Å². The number of nitrogens with zero attached hydrogens (tertiary/aromatic N) is 2. The summed E-state index contributed by atoms with van der Waals surface area (Å²) in [5, 5.41) is 0.783. The maximum absolute atomic E-state index is 13.2. The van der Waals surface area contributed by atoms with Crippen LogP contribution in [-0.2, 0) is 0 Å². The van der Waals surface area contributed by atoms with Crippen LogP contribution < -0.4 is 5.73 Å². The molecule has 136 valence electrons. The van der Waals surface area contributed by atoms with E-state index >= 15 is 0 Å². The first kappa shape index (κ1) is 17.6. The van der Waals surface area contributed by atoms with Crippen LogP contribution in [0.5, 0.6) is 0 Å². The van der Waals surface area contributed by atoms with E-state index in [0.29, 0.717) is 17.4 Å². The fourth-order valence-corrected chi connectivity index (χ4v) is 5.24. The van der Waals surface area contributed by atoms with Crippen molar-refractivity contribution < 1.29 is 4.79 Å². The monoisotopic (exact) mass is 367 g/mol. The molecule has 0 radical (unpaired) electrons. The molecule has 1 aromatic heterocycles. The number of benzene rings is 1. The summed E-state index contributed by atoms with van der Waals surface area (Å²) in [7, 11) is 0. The molecule has 4 rings (SSSR count). The predicted molar refractivity (Wildman–Crippen MR) is 104 cm³/mol. The topological polar surface area (TPSA) is 59.2 Å². The molecule has 2 aliphatic rings. The molecule has 2 fully saturated rings. The highest BCUT2D eigenvalue weighted by Crippen LogP contribution is 2.38. The zero-order chi connectivity index (χ0) is 18.3. The highest BCUT2D eigenvalue weighted by Gasteiger charge is 2.42. The molecule has 2 aromatic rings. The first-order chi connectivity index (χ1) is 12.5. The fourth-order valence-electron chi connectivity index (χ4n) is 4.30. The molecule has 2 N–H and O–H groups in total. The molecule has 0 bridgehead atoms. The number of rotatable bonds is 3. The maximum Gasteiger partial charge on any atom is 0.256 e. The third-order valence-electron chi connectivity index (χ3n) is 5.74. The molecule has 1 aromatic carbocycles. The van der Waals surface area contributed by atoms with Crippen molar-refractivity contribution in [2.75, 3.05) is 13.1 Å². The van der Waals surface area contributed by atoms with Crippen LogP contribution in [0.1, 0.15) is 34.3 Å². The Labute approximate surface area is 159 Å². The molecule has 3 atom stereocenters. The lowest BCUT2D eigenvalue weighted by molar-refractivity contribution is 0.0775. The lowest BCUT2D eigenvalue weighted by atomic mass is 9.98. The second-order valence-corrected chi connectivity index (χ2v) is 8.63. The van der Waals surface area contributed by atoms with Crippen molar-refractivity contribution in [3.05, 3.63) is 53.2 Å². The smallest absolute Gasteiger partial charge is 0.256 e. The molecular weight excluding hydrogens is 342 g/mol. The van der Waals surface area contributed by atoms with Crippen LogP contribution in [-0.4, -0.2) is 34.9 Å². The van der Waals surface area contributed by atoms with Crippen LogP contribution in [0, 0.1) is 25.7 Å². The Morgan fingerprint density at radius 3 is 2.85 bits per heavy atom. The second-order valence-electron chi connectivity index (χ2n) is 7.60. The standard InChI is InChI=1S/C21H25N3OS/c1-13-5-8-19(14(2)10-13)26-20-16(4-3-9-23-20)21(25)24-11-15-6-7-18(22)17(15)12-24/h3-5,8-10,15,17-18H,6-7,11-12,22H2,1-2H3. The number of aromatic nitrogens is 1. The molecule has 2 heterocycles. The summed E-state index contributed by atoms with van der Waals surface area (Å²) in [4.78, 5) is 20.8. The van der Waals surface area contributed by atoms with Crippen molar-refractivity contribution in [2.24, 2.45) is 17.6 Å². The number of hydrogen-bond donors (Lipinski definition) is 1. The summed E-state index contributed by atoms with van der Waals surface area (Å²) in [6.45, 7) is 5.81. The minimum Gasteiger partial charge on any atom is -0.338 e. The van der Waals surface area contributed by atoms with Gasteiger partial charge in [0.05, 0.1) is 5.56 Å². The molecule has 1 amide bonds. The van der Waals surface area contributed by atoms with Gasteiger partial charge in [0.25, 0.3) is 5.91 Å². The van der Waals surface area contributed by atoms with Gasteiger partial charge in [-0.15, -0.1) is 0 Å². The Morgan fingerprint density at radius 1 is 1.23 bits per heavy atom. The molecule has 1 saturated carbocycles. The summed E-state index contributed by atoms with van der Waals surface area (Å²) in [6, 6.07) is 10.4. The first-order valence-corrected chi connectivity index (χ1v) is 10.1. The largest absolute Gasteiger partial charge is 0.338 e. The molecule has 26 heavy (non-hydrogen) atoms. The highest BCUT2D eigenvalue weighted by atomic mass is 32.2. The number of pyridine rings is 1. The van der Waals surface area contributed by atoms with E-state index in [1.54, 1.807) is 18.0 Å². The van der Waals surface area contributed by atoms with Crippen LogP contribution in [0.3, 0.4) is 0 Å². The van der Waals surface area contributed by atoms with Crippen molar-refractivity contribution in [3.8, 4) is 0 Å². The minimum atomic E-state index is 0.0898. The summed E-state index contributed by atoms with van der Waals surface area (Å²) in [5.41, 5.74) is 9.38. The number of carbonyl (C=O) groups is 1. The van der Waals surface area contributed by atoms with Crippen molar-refractivity contribution in [1.29, 1.82) is 0 Å². The van der Waals surface area contributed by atoms with Gasteiger partial charge in [-0.05, 0) is 62.3 Å². The van der Waals surface area contributed by atoms with Crippen LogP contribution in [0.2, 0.25) is 0 Å². The van der Waals surface area contributed by atoms with Gasteiger partial charge >= 0.3 is 0 Å². The third kappa shape index (κ3) is 3.26. The summed E-state index contributed by atoms with van der Waals surface area (Å²) in [6.07, 6.45) is 4.00. The van der Waals surface area contributed by atoms with Gasteiger partial charge in [0.15, 0.2) is 0 Å². The lowest BCUT2D eigenvalue weighted by Gasteiger charge is -2.20. The Hall–Kier alpha value is -1.85. The molecular formula is C21H25N3OS. The van der Waals surface area contributed by atoms with Gasteiger partial charge in [-0.25, -0.2) is 4.98 Å². The average Bonchev–Trinajstić information content (AvgIpc) is 3.20. The van der Waals surface area contributed by atoms with E-state index in [2.05, 4.69) is 37.0 Å². The number of aryl methyl sites for hydroxylation is 2. The lowest BCUT2D eigenvalue weighted by Crippen LogP contribution is -2.33. The van der Waals surface area contributed by atoms with E-state index in [0.717, 1.165) is 35.9 Å². The first-order valence-electron chi connectivity index (χ1n) is 9.28. The fraction of sp³-hybridized carbons (Fsp3) is 0.429. The molecule has 1 aliphatic carbocycles. The zero-order valence-corrected chi connectivity index (χ0v) is 16.1. The Bertz CT molecular complexity index is 838. The number of hydrogen-bond acceptors (Lipinski definition) is 4. The number of fused-ring (bicyclic) bond motifs is 1. The van der Waals surface area contributed by atoms with Crippen LogP contribution in [0.4, 0.5) is 0 Å². The minimum absolute atomic E-state index is 0.0898. The van der Waals surface area contributed by atoms with Gasteiger partial charge in [0.2, 0.25) is 0 Å². The summed E-state index contributed by atoms with van der Waals surface area (Å²) in [5.74, 6) is 1.12. The van der Waals surface area contributed by atoms with Gasteiger partial charge in [-0.3, -0.25) is 4.79 Å². The highest BCUT2D eigenvalue weighted by molar-refractivity contribution is 7.99. The molecule has 1 saturated heterocycles. The van der Waals surface area contributed by atoms with Gasteiger partial charge in [-0.1, -0.05) is 29.5 Å². The van der Waals surface area contributed by atoms with Crippen molar-refractivity contribution in [2.45, 2.75) is 42.7 Å². The third-order valence-corrected chi connectivity index (χ3v) is 6.93. The van der Waals surface area contributed by atoms with E-state index in [-0.39, 0.29) is 11.9 Å². The van der Waals surface area contributed by atoms with E-state index in [1.165, 1.54) is 11.1 Å². The maximum atomic E-state index is 13.2. The van der Waals surface area contributed by atoms with Gasteiger partial charge in [0, 0.05) is 30.2 Å². The zero-order valence-electron chi connectivity index (χ0n) is 15.3. The number of likely N-dealkylation sites (tertiary alicyclic amines) is 1. The van der Waals surface area contributed by atoms with Gasteiger partial charge < -0.3 is 10.6 Å². The summed E-state index contributed by atoms with van der Waals surface area (Å²) >= 11 is 1.58. The number of amides is 1. The predicted octanol–water partition coefficient (Wildman–Crippen LogP) is 3.66. The van der Waals surface area contributed by atoms with Crippen molar-refractivity contribution in [3.63, 3.8) is 0 Å². The SMILES string of the molecule is Cc1ccc(Sc2ncccc2C(=O)N2CC3CCC(N)C3C2)c(C)c1. The van der Waals surface area contributed by atoms with Crippen LogP contribution in [0.15, 0.2) is 46.5 Å². The molecule has 5 heteroatoms. The molecule has 3 unspecified atom stereocenters. The quantitative estimate of drug-likeness (QED) is 0.899. The van der Waals surface area contributed by atoms with Gasteiger partial charge in [-0.2, -0.15) is 0 Å². The second kappa shape index (κ2) is 7.05. The van der Waals surface area contributed by atoms with Crippen molar-refractivity contribution >= 4 is 17.7 Å². The molecule has 0 spiro atoms. The number of carbonyl (C=O) groups excluding carboxylic acids is 1. The van der Waals surface area contributed by atoms with E-state index in [1.807, 2.05) is 17.0 Å². The van der Waals surface area contributed by atoms with Crippen molar-refractivity contribution in [1.82, 2.24) is 9.88 Å².